The second-order valence-electron chi connectivity index (χ2n) is 0.105. The van der Waals surface area contributed by atoms with Crippen LogP contribution in [0.2, 0.25) is 0 Å². The second kappa shape index (κ2) is 30.0. The summed E-state index contributed by atoms with van der Waals surface area (Å²) in [5.74, 6) is 0. The highest BCUT2D eigenvalue weighted by atomic mass is 24.3. The fourth-order valence-corrected chi connectivity index (χ4v) is 0. The van der Waals surface area contributed by atoms with Crippen LogP contribution >= 0.6 is 0 Å². The summed E-state index contributed by atoms with van der Waals surface area (Å²) in [4.78, 5) is 8.36. The lowest BCUT2D eigenvalue weighted by Gasteiger charge is -1.34. The zero-order valence-corrected chi connectivity index (χ0v) is 1.93. The minimum atomic E-state index is -0.250. The van der Waals surface area contributed by atoms with E-state index >= 15 is 0 Å². The van der Waals surface area contributed by atoms with Crippen molar-refractivity contribution < 1.29 is 15.4 Å². The fraction of sp³-hybridized carbons (Fsp3) is 0. The molecule has 0 spiro atoms. The van der Waals surface area contributed by atoms with Gasteiger partial charge in [-0.2, -0.15) is 0 Å². The second-order valence-corrected chi connectivity index (χ2v) is 0.105. The molecule has 0 saturated heterocycles. The van der Waals surface area contributed by atoms with Crippen LogP contribution in [0.25, 0.3) is 0 Å². The minimum Gasteiger partial charge on any atom is -0.483 e. The normalized spacial score (nSPS) is 2.40. The summed E-state index contributed by atoms with van der Waals surface area (Å²) in [5, 5.41) is 6.89. The summed E-state index contributed by atoms with van der Waals surface area (Å²) >= 11 is 0. The van der Waals surface area contributed by atoms with Gasteiger partial charge in [0.25, 0.3) is 6.47 Å². The zero-order valence-electron chi connectivity index (χ0n) is 1.93. The SMILES string of the molecule is O.O=CO.[MgH2]. The molecule has 0 heterocycles. The van der Waals surface area contributed by atoms with Crippen molar-refractivity contribution in [3.8, 4) is 0 Å². The van der Waals surface area contributed by atoms with Gasteiger partial charge in [0.2, 0.25) is 0 Å². The Labute approximate surface area is 45.4 Å². The number of carbonyl (C=O) groups is 1. The van der Waals surface area contributed by atoms with Gasteiger partial charge in [-0.3, -0.25) is 4.79 Å². The summed E-state index contributed by atoms with van der Waals surface area (Å²) in [5.41, 5.74) is 0. The quantitative estimate of drug-likeness (QED) is 0.275. The summed E-state index contributed by atoms with van der Waals surface area (Å²) in [6.45, 7) is -0.250. The summed E-state index contributed by atoms with van der Waals surface area (Å²) in [7, 11) is 0. The van der Waals surface area contributed by atoms with E-state index in [9.17, 15) is 0 Å². The molecule has 0 atom stereocenters. The molecule has 0 bridgehead atoms. The lowest BCUT2D eigenvalue weighted by molar-refractivity contribution is -0.122. The molecular weight excluding hydrogens is 84.3 g/mol. The molecule has 0 aliphatic heterocycles. The van der Waals surface area contributed by atoms with Gasteiger partial charge in [0, 0.05) is 0 Å². The Kier molecular flexibility index (Phi) is 114. The first-order chi connectivity index (χ1) is 1.41. The van der Waals surface area contributed by atoms with Crippen LogP contribution in [0.1, 0.15) is 0 Å². The molecule has 0 aromatic carbocycles. The lowest BCUT2D eigenvalue weighted by Crippen LogP contribution is -1.49. The van der Waals surface area contributed by atoms with Crippen molar-refractivity contribution in [2.45, 2.75) is 0 Å². The van der Waals surface area contributed by atoms with Gasteiger partial charge in [-0.1, -0.05) is 0 Å². The van der Waals surface area contributed by atoms with E-state index in [1.54, 1.807) is 0 Å². The predicted octanol–water partition coefficient (Wildman–Crippen LogP) is -2.04. The summed E-state index contributed by atoms with van der Waals surface area (Å²) in [6.07, 6.45) is 0. The molecule has 0 amide bonds. The maximum atomic E-state index is 8.36. The van der Waals surface area contributed by atoms with Gasteiger partial charge in [-0.05, 0) is 0 Å². The van der Waals surface area contributed by atoms with Crippen molar-refractivity contribution in [2.24, 2.45) is 0 Å². The van der Waals surface area contributed by atoms with E-state index in [1.165, 1.54) is 0 Å². The monoisotopic (exact) mass is 90.0 g/mol. The molecule has 0 unspecified atom stereocenters. The minimum absolute atomic E-state index is 0. The maximum Gasteiger partial charge on any atom is 0.316 e. The van der Waals surface area contributed by atoms with Crippen LogP contribution in [-0.2, 0) is 4.79 Å². The third-order valence-electron chi connectivity index (χ3n) is 0. The molecule has 0 saturated carbocycles. The molecule has 0 fully saturated rings. The van der Waals surface area contributed by atoms with Crippen molar-refractivity contribution >= 4 is 29.5 Å². The first-order valence-corrected chi connectivity index (χ1v) is 0.494. The first kappa shape index (κ1) is 19.0. The smallest absolute Gasteiger partial charge is 0.316 e. The van der Waals surface area contributed by atoms with Crippen LogP contribution in [0, 0.1) is 0 Å². The van der Waals surface area contributed by atoms with Crippen LogP contribution in [0.4, 0.5) is 0 Å². The Hall–Kier alpha value is 0.196. The highest BCUT2D eigenvalue weighted by Gasteiger charge is 1.22. The van der Waals surface area contributed by atoms with Gasteiger partial charge < -0.3 is 10.6 Å². The highest BCUT2D eigenvalue weighted by molar-refractivity contribution is 5.75. The van der Waals surface area contributed by atoms with Gasteiger partial charge >= 0.3 is 23.1 Å². The molecule has 0 aromatic rings. The van der Waals surface area contributed by atoms with Gasteiger partial charge in [0.1, 0.15) is 0 Å². The van der Waals surface area contributed by atoms with Crippen molar-refractivity contribution in [1.82, 2.24) is 0 Å². The van der Waals surface area contributed by atoms with Crippen molar-refractivity contribution in [2.75, 3.05) is 0 Å². The number of rotatable bonds is 0. The lowest BCUT2D eigenvalue weighted by atomic mass is 11.7. The van der Waals surface area contributed by atoms with Gasteiger partial charge in [0.15, 0.2) is 0 Å². The average Bonchev–Trinajstić information content (AvgIpc) is 0.918. The molecule has 30 valence electrons. The molecule has 3 nitrogen and oxygen atoms in total. The van der Waals surface area contributed by atoms with Crippen LogP contribution in [0.3, 0.4) is 0 Å². The Balaban J connectivity index is -0.0000000200. The Morgan fingerprint density at radius 2 is 1.60 bits per heavy atom. The van der Waals surface area contributed by atoms with Crippen molar-refractivity contribution in [1.29, 1.82) is 0 Å². The van der Waals surface area contributed by atoms with Crippen LogP contribution in [0.15, 0.2) is 0 Å². The van der Waals surface area contributed by atoms with E-state index in [4.69, 9.17) is 9.90 Å². The third-order valence-corrected chi connectivity index (χ3v) is 0. The van der Waals surface area contributed by atoms with Crippen LogP contribution in [-0.4, -0.2) is 40.1 Å². The molecule has 0 rings (SSSR count). The van der Waals surface area contributed by atoms with E-state index in [1.807, 2.05) is 0 Å². The summed E-state index contributed by atoms with van der Waals surface area (Å²) < 4.78 is 0. The first-order valence-electron chi connectivity index (χ1n) is 0.494. The number of hydrogen-bond donors (Lipinski definition) is 1. The molecule has 0 radical (unpaired) electrons. The fourth-order valence-electron chi connectivity index (χ4n) is 0. The Morgan fingerprint density at radius 1 is 1.60 bits per heavy atom. The molecule has 0 aromatic heterocycles. The van der Waals surface area contributed by atoms with Crippen molar-refractivity contribution in [3.63, 3.8) is 0 Å². The third kappa shape index (κ3) is 526. The molecule has 0 aliphatic rings. The summed E-state index contributed by atoms with van der Waals surface area (Å²) in [6, 6.07) is 0. The van der Waals surface area contributed by atoms with Crippen molar-refractivity contribution in [3.05, 3.63) is 0 Å². The van der Waals surface area contributed by atoms with E-state index in [0.29, 0.717) is 0 Å². The number of hydrogen-bond acceptors (Lipinski definition) is 1. The Bertz CT molecular complexity index is 14.4. The zero-order chi connectivity index (χ0) is 2.71. The van der Waals surface area contributed by atoms with E-state index in [0.717, 1.165) is 0 Å². The average molecular weight is 90.4 g/mol. The highest BCUT2D eigenvalue weighted by Crippen LogP contribution is 0.966. The number of carboxylic acid groups (broad SMARTS) is 1. The Morgan fingerprint density at radius 3 is 1.60 bits per heavy atom. The van der Waals surface area contributed by atoms with Gasteiger partial charge in [-0.25, -0.2) is 0 Å². The molecular formula is CH6MgO3. The van der Waals surface area contributed by atoms with E-state index in [-0.39, 0.29) is 35.0 Å². The van der Waals surface area contributed by atoms with Crippen LogP contribution < -0.4 is 0 Å². The van der Waals surface area contributed by atoms with E-state index in [2.05, 4.69) is 0 Å². The largest absolute Gasteiger partial charge is 0.483 e. The molecule has 3 N–H and O–H groups in total. The molecule has 5 heavy (non-hydrogen) atoms. The standard InChI is InChI=1S/CH2O2.Mg.H2O.2H/c2-1-3;;;;/h1H,(H,2,3);;1H2;;. The van der Waals surface area contributed by atoms with E-state index < -0.39 is 0 Å². The van der Waals surface area contributed by atoms with Gasteiger partial charge in [-0.15, -0.1) is 0 Å². The maximum absolute atomic E-state index is 8.36. The van der Waals surface area contributed by atoms with Crippen LogP contribution in [0.5, 0.6) is 0 Å². The predicted molar refractivity (Wildman–Crippen MR) is 20.9 cm³/mol. The molecule has 4 heteroatoms. The van der Waals surface area contributed by atoms with Gasteiger partial charge in [0.05, 0.1) is 0 Å². The molecule has 0 aliphatic carbocycles. The topological polar surface area (TPSA) is 68.8 Å².